The topological polar surface area (TPSA) is 365 Å². The first-order chi connectivity index (χ1) is 34.3. The predicted octanol–water partition coefficient (Wildman–Crippen LogP) is -0.624. The number of hydrogen-bond donors (Lipinski definition) is 11. The van der Waals surface area contributed by atoms with Gasteiger partial charge in [-0.05, 0) is 54.9 Å². The highest BCUT2D eigenvalue weighted by molar-refractivity contribution is 5.90. The zero-order chi connectivity index (χ0) is 53.0. The van der Waals surface area contributed by atoms with Crippen molar-refractivity contribution in [2.75, 3.05) is 91.6 Å². The Morgan fingerprint density at radius 1 is 0.458 bits per heavy atom. The summed E-state index contributed by atoms with van der Waals surface area (Å²) < 4.78 is 0. The molecule has 2 aromatic carbocycles. The molecule has 1 heterocycles. The first kappa shape index (κ1) is 59.3. The molecule has 0 spiro atoms. The first-order valence-electron chi connectivity index (χ1n) is 23.9. The van der Waals surface area contributed by atoms with E-state index in [1.165, 1.54) is 0 Å². The fourth-order valence-electron chi connectivity index (χ4n) is 7.97. The Hall–Kier alpha value is -6.96. The fraction of sp³-hybridized carbons (Fsp3) is 0.574. The monoisotopic (exact) mass is 1020 g/mol. The Balaban J connectivity index is 1.52. The van der Waals surface area contributed by atoms with Crippen molar-refractivity contribution in [2.45, 2.75) is 82.3 Å². The van der Waals surface area contributed by atoms with E-state index in [1.807, 2.05) is 47.4 Å². The van der Waals surface area contributed by atoms with Gasteiger partial charge in [0.15, 0.2) is 0 Å². The standard InChI is InChI=1S/C47H69N9O16/c57-38(14-2-1-6-17-48-39(58)28-53-19-21-54(29-41(61)62)23-25-56(31-43(65)66)26-24-55(22-20-53)30-42(63)64)50-37(27-33-11-8-10-32-9-3-4-12-34(32)33)44(67)49-18-7-5-13-35(45(68)69)51-47(72)52-36(46(70)71)15-16-40(59)60/h3-4,8-12,35-37H,1-2,5-7,13-31H2,(H,48,58)(H,49,67)(H,50,57)(H,59,60)(H,61,62)(H,63,64)(H,65,66)(H,68,69)(H,70,71)(H2,51,52,72)/t35-,36-,37?/m0/s1. The number of amides is 5. The van der Waals surface area contributed by atoms with Gasteiger partial charge in [0.2, 0.25) is 17.7 Å². The molecule has 5 amide bonds. The summed E-state index contributed by atoms with van der Waals surface area (Å²) in [6.07, 6.45) is 1.25. The van der Waals surface area contributed by atoms with Gasteiger partial charge >= 0.3 is 41.8 Å². The van der Waals surface area contributed by atoms with Gasteiger partial charge in [0.1, 0.15) is 18.1 Å². The van der Waals surface area contributed by atoms with E-state index >= 15 is 0 Å². The highest BCUT2D eigenvalue weighted by atomic mass is 16.4. The van der Waals surface area contributed by atoms with E-state index in [2.05, 4.69) is 26.6 Å². The van der Waals surface area contributed by atoms with Crippen LogP contribution in [0.5, 0.6) is 0 Å². The van der Waals surface area contributed by atoms with Crippen molar-refractivity contribution in [3.63, 3.8) is 0 Å². The maximum absolute atomic E-state index is 13.6. The van der Waals surface area contributed by atoms with Crippen LogP contribution in [0.1, 0.15) is 63.4 Å². The molecule has 0 aromatic heterocycles. The molecule has 25 heteroatoms. The minimum atomic E-state index is -1.55. The van der Waals surface area contributed by atoms with Crippen LogP contribution >= 0.6 is 0 Å². The van der Waals surface area contributed by atoms with Crippen LogP contribution in [0.15, 0.2) is 42.5 Å². The van der Waals surface area contributed by atoms with E-state index in [0.29, 0.717) is 38.9 Å². The van der Waals surface area contributed by atoms with E-state index in [1.54, 1.807) is 14.7 Å². The summed E-state index contributed by atoms with van der Waals surface area (Å²) in [5, 5.41) is 70.8. The highest BCUT2D eigenvalue weighted by Gasteiger charge is 2.26. The molecule has 1 fully saturated rings. The molecule has 3 atom stereocenters. The zero-order valence-electron chi connectivity index (χ0n) is 40.3. The summed E-state index contributed by atoms with van der Waals surface area (Å²) in [7, 11) is 0. The number of aliphatic carboxylic acids is 6. The van der Waals surface area contributed by atoms with Crippen molar-refractivity contribution in [3.8, 4) is 0 Å². The third-order valence-electron chi connectivity index (χ3n) is 11.8. The number of carbonyl (C=O) groups excluding carboxylic acids is 4. The van der Waals surface area contributed by atoms with Crippen molar-refractivity contribution < 1.29 is 78.6 Å². The second kappa shape index (κ2) is 32.1. The number of carboxylic acid groups (broad SMARTS) is 6. The van der Waals surface area contributed by atoms with E-state index in [0.717, 1.165) is 16.3 Å². The number of rotatable bonds is 30. The normalized spacial score (nSPS) is 15.6. The number of fused-ring (bicyclic) bond motifs is 1. The number of nitrogens with one attached hydrogen (secondary N) is 5. The lowest BCUT2D eigenvalue weighted by molar-refractivity contribution is -0.141. The van der Waals surface area contributed by atoms with Crippen molar-refractivity contribution in [1.82, 2.24) is 46.2 Å². The zero-order valence-corrected chi connectivity index (χ0v) is 40.3. The minimum absolute atomic E-state index is 0.0380. The molecule has 0 saturated carbocycles. The number of hydrogen-bond acceptors (Lipinski definition) is 14. The van der Waals surface area contributed by atoms with Crippen LogP contribution < -0.4 is 26.6 Å². The molecule has 25 nitrogen and oxygen atoms in total. The molecule has 0 bridgehead atoms. The molecule has 2 aromatic rings. The number of carboxylic acids is 6. The van der Waals surface area contributed by atoms with Gasteiger partial charge in [-0.25, -0.2) is 14.4 Å². The molecule has 1 aliphatic heterocycles. The summed E-state index contributed by atoms with van der Waals surface area (Å²) in [5.74, 6) is -8.46. The number of nitrogens with zero attached hydrogens (tertiary/aromatic N) is 4. The van der Waals surface area contributed by atoms with Crippen molar-refractivity contribution in [3.05, 3.63) is 48.0 Å². The van der Waals surface area contributed by atoms with E-state index < -0.39 is 78.7 Å². The van der Waals surface area contributed by atoms with Gasteiger partial charge < -0.3 is 57.2 Å². The molecule has 11 N–H and O–H groups in total. The van der Waals surface area contributed by atoms with Crippen LogP contribution in [0.3, 0.4) is 0 Å². The SMILES string of the molecule is O=C(O)CC[C@H](NC(=O)N[C@@H](CCCCNC(=O)C(Cc1cccc2ccccc12)NC(=O)CCCCCNC(=O)CN1CCN(CC(=O)O)CCN(CC(=O)O)CCN(CC(=O)O)CC1)C(=O)O)C(=O)O. The summed E-state index contributed by atoms with van der Waals surface area (Å²) in [5.41, 5.74) is 0.818. The van der Waals surface area contributed by atoms with Gasteiger partial charge in [-0.3, -0.25) is 53.2 Å². The number of urea groups is 1. The van der Waals surface area contributed by atoms with Crippen molar-refractivity contribution in [2.24, 2.45) is 0 Å². The third kappa shape index (κ3) is 24.2. The predicted molar refractivity (Wildman–Crippen MR) is 258 cm³/mol. The number of benzene rings is 2. The molecule has 1 aliphatic rings. The fourth-order valence-corrected chi connectivity index (χ4v) is 7.97. The summed E-state index contributed by atoms with van der Waals surface area (Å²) in [4.78, 5) is 128. The minimum Gasteiger partial charge on any atom is -0.481 e. The van der Waals surface area contributed by atoms with Crippen LogP contribution in [-0.2, 0) is 49.6 Å². The van der Waals surface area contributed by atoms with E-state index in [4.69, 9.17) is 5.11 Å². The molecule has 3 rings (SSSR count). The smallest absolute Gasteiger partial charge is 0.326 e. The van der Waals surface area contributed by atoms with Gasteiger partial charge in [0, 0.05) is 84.7 Å². The van der Waals surface area contributed by atoms with E-state index in [9.17, 15) is 73.5 Å². The van der Waals surface area contributed by atoms with Crippen LogP contribution in [0.2, 0.25) is 0 Å². The van der Waals surface area contributed by atoms with Crippen molar-refractivity contribution in [1.29, 1.82) is 0 Å². The number of carbonyl (C=O) groups is 10. The van der Waals surface area contributed by atoms with Crippen LogP contribution in [0, 0.1) is 0 Å². The third-order valence-corrected chi connectivity index (χ3v) is 11.8. The molecule has 398 valence electrons. The largest absolute Gasteiger partial charge is 0.481 e. The van der Waals surface area contributed by atoms with Crippen LogP contribution in [0.25, 0.3) is 10.8 Å². The lowest BCUT2D eigenvalue weighted by Gasteiger charge is -2.32. The lowest BCUT2D eigenvalue weighted by Crippen LogP contribution is -2.51. The van der Waals surface area contributed by atoms with Gasteiger partial charge in [0.05, 0.1) is 26.2 Å². The molecule has 0 aliphatic carbocycles. The first-order valence-corrected chi connectivity index (χ1v) is 23.9. The van der Waals surface area contributed by atoms with Crippen molar-refractivity contribution >= 4 is 70.3 Å². The molecule has 1 unspecified atom stereocenters. The quantitative estimate of drug-likeness (QED) is 0.0434. The summed E-state index contributed by atoms with van der Waals surface area (Å²) in [6, 6.07) is 8.20. The molecule has 1 saturated heterocycles. The molecule has 72 heavy (non-hydrogen) atoms. The maximum atomic E-state index is 13.6. The van der Waals surface area contributed by atoms with Gasteiger partial charge in [0.25, 0.3) is 0 Å². The molecule has 0 radical (unpaired) electrons. The Labute approximate surface area is 416 Å². The van der Waals surface area contributed by atoms with Crippen LogP contribution in [0.4, 0.5) is 4.79 Å². The Bertz CT molecular complexity index is 2130. The van der Waals surface area contributed by atoms with Gasteiger partial charge in [-0.1, -0.05) is 48.9 Å². The maximum Gasteiger partial charge on any atom is 0.326 e. The summed E-state index contributed by atoms with van der Waals surface area (Å²) >= 11 is 0. The van der Waals surface area contributed by atoms with E-state index in [-0.39, 0.29) is 116 Å². The average Bonchev–Trinajstić information content (AvgIpc) is 3.30. The molecular formula is C47H69N9O16. The number of unbranched alkanes of at least 4 members (excludes halogenated alkanes) is 3. The highest BCUT2D eigenvalue weighted by Crippen LogP contribution is 2.20. The second-order valence-corrected chi connectivity index (χ2v) is 17.5. The molecular weight excluding hydrogens is 947 g/mol. The Morgan fingerprint density at radius 3 is 1.47 bits per heavy atom. The van der Waals surface area contributed by atoms with Crippen LogP contribution in [-0.4, -0.2) is 220 Å². The van der Waals surface area contributed by atoms with Gasteiger partial charge in [-0.15, -0.1) is 0 Å². The Kier molecular flexibility index (Phi) is 26.5. The summed E-state index contributed by atoms with van der Waals surface area (Å²) in [6.45, 7) is 1.62. The lowest BCUT2D eigenvalue weighted by atomic mass is 9.98. The Morgan fingerprint density at radius 2 is 0.944 bits per heavy atom. The average molecular weight is 1020 g/mol. The second-order valence-electron chi connectivity index (χ2n) is 17.5. The van der Waals surface area contributed by atoms with Gasteiger partial charge in [-0.2, -0.15) is 0 Å².